The van der Waals surface area contributed by atoms with Crippen LogP contribution in [0.15, 0.2) is 12.3 Å². The highest BCUT2D eigenvalue weighted by Crippen LogP contribution is 2.08. The van der Waals surface area contributed by atoms with E-state index in [9.17, 15) is 9.59 Å². The molecule has 1 atom stereocenters. The van der Waals surface area contributed by atoms with Gasteiger partial charge in [-0.3, -0.25) is 4.79 Å². The maximum Gasteiger partial charge on any atom is 0.415 e. The van der Waals surface area contributed by atoms with E-state index in [0.29, 0.717) is 0 Å². The number of rotatable bonds is 5. The first kappa shape index (κ1) is 16.5. The average molecular weight is 257 g/mol. The Kier molecular flexibility index (Phi) is 7.08. The van der Waals surface area contributed by atoms with Crippen LogP contribution in [0.4, 0.5) is 4.79 Å². The van der Waals surface area contributed by atoms with Crippen molar-refractivity contribution in [2.24, 2.45) is 5.92 Å². The molecule has 0 radical (unpaired) electrons. The van der Waals surface area contributed by atoms with E-state index in [1.807, 2.05) is 27.7 Å². The van der Waals surface area contributed by atoms with Crippen molar-refractivity contribution in [1.29, 1.82) is 0 Å². The van der Waals surface area contributed by atoms with Crippen LogP contribution in [0, 0.1) is 5.92 Å². The third-order valence-electron chi connectivity index (χ3n) is 2.43. The Bertz CT molecular complexity index is 302. The average Bonchev–Trinajstić information content (AvgIpc) is 2.26. The number of ether oxygens (including phenoxy) is 2. The predicted molar refractivity (Wildman–Crippen MR) is 68.9 cm³/mol. The number of hydrogen-bond donors (Lipinski definition) is 0. The highest BCUT2D eigenvalue weighted by atomic mass is 16.5. The first-order valence-corrected chi connectivity index (χ1v) is 6.04. The third-order valence-corrected chi connectivity index (χ3v) is 2.43. The monoisotopic (exact) mass is 257 g/mol. The van der Waals surface area contributed by atoms with Gasteiger partial charge in [-0.1, -0.05) is 0 Å². The molecule has 0 aromatic heterocycles. The smallest absolute Gasteiger partial charge is 0.415 e. The highest BCUT2D eigenvalue weighted by molar-refractivity contribution is 5.74. The largest absolute Gasteiger partial charge is 0.469 e. The summed E-state index contributed by atoms with van der Waals surface area (Å²) in [6.45, 7) is 9.34. The number of carbonyl (C=O) groups excluding carboxylic acids is 2. The Morgan fingerprint density at radius 1 is 1.06 bits per heavy atom. The van der Waals surface area contributed by atoms with Gasteiger partial charge in [0.2, 0.25) is 0 Å². The lowest BCUT2D eigenvalue weighted by molar-refractivity contribution is -0.143. The zero-order chi connectivity index (χ0) is 14.3. The van der Waals surface area contributed by atoms with Gasteiger partial charge in [0.1, 0.15) is 0 Å². The summed E-state index contributed by atoms with van der Waals surface area (Å²) in [6, 6.07) is 0.118. The molecule has 1 unspecified atom stereocenters. The van der Waals surface area contributed by atoms with E-state index in [-0.39, 0.29) is 18.1 Å². The summed E-state index contributed by atoms with van der Waals surface area (Å²) >= 11 is 0. The lowest BCUT2D eigenvalue weighted by Gasteiger charge is -2.28. The molecule has 0 aliphatic rings. The molecule has 0 aliphatic heterocycles. The van der Waals surface area contributed by atoms with Crippen LogP contribution in [-0.4, -0.2) is 36.2 Å². The fourth-order valence-electron chi connectivity index (χ4n) is 1.56. The summed E-state index contributed by atoms with van der Waals surface area (Å²) < 4.78 is 9.54. The van der Waals surface area contributed by atoms with Gasteiger partial charge >= 0.3 is 12.1 Å². The minimum atomic E-state index is -0.436. The Balaban J connectivity index is 4.40. The van der Waals surface area contributed by atoms with Crippen molar-refractivity contribution >= 4 is 12.1 Å². The lowest BCUT2D eigenvalue weighted by atomic mass is 10.2. The molecule has 0 fully saturated rings. The van der Waals surface area contributed by atoms with E-state index in [1.165, 1.54) is 19.4 Å². The Labute approximate surface area is 109 Å². The minimum absolute atomic E-state index is 0.0592. The van der Waals surface area contributed by atoms with Crippen molar-refractivity contribution in [2.75, 3.05) is 7.11 Å². The Hall–Kier alpha value is -1.52. The zero-order valence-corrected chi connectivity index (χ0v) is 12.0. The van der Waals surface area contributed by atoms with Crippen LogP contribution < -0.4 is 0 Å². The molecule has 0 spiro atoms. The molecule has 18 heavy (non-hydrogen) atoms. The van der Waals surface area contributed by atoms with Gasteiger partial charge in [0, 0.05) is 12.1 Å². The van der Waals surface area contributed by atoms with Crippen molar-refractivity contribution in [1.82, 2.24) is 4.90 Å². The number of esters is 1. The van der Waals surface area contributed by atoms with E-state index in [2.05, 4.69) is 4.74 Å². The van der Waals surface area contributed by atoms with Gasteiger partial charge in [-0.05, 0) is 40.7 Å². The fraction of sp³-hybridized carbons (Fsp3) is 0.692. The van der Waals surface area contributed by atoms with Crippen LogP contribution in [-0.2, 0) is 14.3 Å². The van der Waals surface area contributed by atoms with Crippen LogP contribution in [0.5, 0.6) is 0 Å². The van der Waals surface area contributed by atoms with Gasteiger partial charge < -0.3 is 14.4 Å². The maximum atomic E-state index is 11.8. The highest BCUT2D eigenvalue weighted by Gasteiger charge is 2.20. The molecule has 0 saturated heterocycles. The number of amides is 1. The van der Waals surface area contributed by atoms with Crippen LogP contribution >= 0.6 is 0 Å². The van der Waals surface area contributed by atoms with Gasteiger partial charge in [-0.2, -0.15) is 0 Å². The summed E-state index contributed by atoms with van der Waals surface area (Å²) in [5.74, 6) is -0.804. The summed E-state index contributed by atoms with van der Waals surface area (Å²) in [4.78, 5) is 24.5. The zero-order valence-electron chi connectivity index (χ0n) is 12.0. The van der Waals surface area contributed by atoms with Crippen LogP contribution in [0.25, 0.3) is 0 Å². The lowest BCUT2D eigenvalue weighted by Crippen LogP contribution is -2.41. The minimum Gasteiger partial charge on any atom is -0.469 e. The molecule has 0 aliphatic carbocycles. The number of methoxy groups -OCH3 is 1. The molecule has 0 aromatic rings. The maximum absolute atomic E-state index is 11.8. The standard InChI is InChI=1S/C13H23NO4/c1-9(2)14(10(3)4)13(16)18-8-7-11(5)12(15)17-6/h7-11H,1-6H3/b8-7-. The molecule has 0 rings (SSSR count). The van der Waals surface area contributed by atoms with Crippen molar-refractivity contribution < 1.29 is 19.1 Å². The van der Waals surface area contributed by atoms with Crippen LogP contribution in [0.2, 0.25) is 0 Å². The van der Waals surface area contributed by atoms with Crippen molar-refractivity contribution in [3.05, 3.63) is 12.3 Å². The van der Waals surface area contributed by atoms with E-state index in [1.54, 1.807) is 11.8 Å². The number of carbonyl (C=O) groups is 2. The first-order chi connectivity index (χ1) is 8.31. The van der Waals surface area contributed by atoms with Gasteiger partial charge in [0.15, 0.2) is 0 Å². The van der Waals surface area contributed by atoms with Gasteiger partial charge in [-0.15, -0.1) is 0 Å². The van der Waals surface area contributed by atoms with E-state index in [0.717, 1.165) is 0 Å². The molecule has 5 heteroatoms. The molecule has 104 valence electrons. The predicted octanol–water partition coefficient (Wildman–Crippen LogP) is 2.56. The second-order valence-corrected chi connectivity index (χ2v) is 4.62. The molecule has 0 bridgehead atoms. The quantitative estimate of drug-likeness (QED) is 0.561. The molecule has 0 saturated carbocycles. The summed E-state index contributed by atoms with van der Waals surface area (Å²) in [6.07, 6.45) is 2.30. The van der Waals surface area contributed by atoms with E-state index < -0.39 is 12.0 Å². The Morgan fingerprint density at radius 3 is 1.94 bits per heavy atom. The molecule has 0 aromatic carbocycles. The molecular formula is C13H23NO4. The third kappa shape index (κ3) is 5.21. The van der Waals surface area contributed by atoms with Crippen LogP contribution in [0.1, 0.15) is 34.6 Å². The summed E-state index contributed by atoms with van der Waals surface area (Å²) in [5, 5.41) is 0. The van der Waals surface area contributed by atoms with E-state index >= 15 is 0 Å². The SMILES string of the molecule is COC(=O)C(C)/C=C\OC(=O)N(C(C)C)C(C)C. The topological polar surface area (TPSA) is 55.8 Å². The van der Waals surface area contributed by atoms with Gasteiger partial charge in [-0.25, -0.2) is 4.79 Å². The molecule has 0 heterocycles. The molecule has 5 nitrogen and oxygen atoms in total. The Morgan fingerprint density at radius 2 is 1.56 bits per heavy atom. The molecular weight excluding hydrogens is 234 g/mol. The molecule has 1 amide bonds. The summed E-state index contributed by atoms with van der Waals surface area (Å²) in [7, 11) is 1.32. The van der Waals surface area contributed by atoms with Gasteiger partial charge in [0.05, 0.1) is 19.3 Å². The van der Waals surface area contributed by atoms with E-state index in [4.69, 9.17) is 4.74 Å². The number of nitrogens with zero attached hydrogens (tertiary/aromatic N) is 1. The van der Waals surface area contributed by atoms with Crippen LogP contribution in [0.3, 0.4) is 0 Å². The van der Waals surface area contributed by atoms with Gasteiger partial charge in [0.25, 0.3) is 0 Å². The van der Waals surface area contributed by atoms with Crippen molar-refractivity contribution in [2.45, 2.75) is 46.7 Å². The molecule has 0 N–H and O–H groups in total. The summed E-state index contributed by atoms with van der Waals surface area (Å²) in [5.41, 5.74) is 0. The fourth-order valence-corrected chi connectivity index (χ4v) is 1.56. The normalized spacial score (nSPS) is 12.9. The van der Waals surface area contributed by atoms with Crippen molar-refractivity contribution in [3.8, 4) is 0 Å². The number of hydrogen-bond acceptors (Lipinski definition) is 4. The van der Waals surface area contributed by atoms with Crippen molar-refractivity contribution in [3.63, 3.8) is 0 Å². The second-order valence-electron chi connectivity index (χ2n) is 4.62. The second kappa shape index (κ2) is 7.74. The first-order valence-electron chi connectivity index (χ1n) is 6.04.